The minimum atomic E-state index is -0.347. The maximum Gasteiger partial charge on any atom is 0.262 e. The Morgan fingerprint density at radius 2 is 2.25 bits per heavy atom. The van der Waals surface area contributed by atoms with Gasteiger partial charge in [0.2, 0.25) is 0 Å². The van der Waals surface area contributed by atoms with Crippen molar-refractivity contribution in [1.82, 2.24) is 14.9 Å². The second kappa shape index (κ2) is 7.80. The number of ether oxygens (including phenoxy) is 1. The number of thiophene rings is 1. The van der Waals surface area contributed by atoms with Crippen molar-refractivity contribution >= 4 is 17.2 Å². The van der Waals surface area contributed by atoms with Crippen molar-refractivity contribution in [2.24, 2.45) is 13.0 Å². The van der Waals surface area contributed by atoms with Crippen LogP contribution in [0.1, 0.15) is 50.9 Å². The second-order valence-electron chi connectivity index (χ2n) is 7.49. The third-order valence-electron chi connectivity index (χ3n) is 5.37. The molecule has 5 nitrogen and oxygen atoms in total. The first kappa shape index (κ1) is 18.7. The minimum Gasteiger partial charge on any atom is -0.497 e. The Labute approximate surface area is 169 Å². The molecule has 146 valence electrons. The molecule has 1 aromatic carbocycles. The Morgan fingerprint density at radius 3 is 3.00 bits per heavy atom. The summed E-state index contributed by atoms with van der Waals surface area (Å²) in [4.78, 5) is 19.7. The fraction of sp³-hybridized carbons (Fsp3) is 0.364. The summed E-state index contributed by atoms with van der Waals surface area (Å²) in [5, 5.41) is 3.20. The number of amides is 1. The van der Waals surface area contributed by atoms with Crippen LogP contribution in [0, 0.1) is 5.92 Å². The highest BCUT2D eigenvalue weighted by Gasteiger charge is 2.25. The van der Waals surface area contributed by atoms with Crippen LogP contribution in [0.25, 0.3) is 0 Å². The van der Waals surface area contributed by atoms with E-state index in [0.29, 0.717) is 5.92 Å². The van der Waals surface area contributed by atoms with Gasteiger partial charge in [0.1, 0.15) is 17.6 Å². The quantitative estimate of drug-likeness (QED) is 0.707. The summed E-state index contributed by atoms with van der Waals surface area (Å²) < 4.78 is 7.31. The number of hydrogen-bond acceptors (Lipinski definition) is 4. The molecule has 0 spiro atoms. The van der Waals surface area contributed by atoms with Gasteiger partial charge in [-0.1, -0.05) is 19.1 Å². The molecule has 1 N–H and O–H groups in total. The van der Waals surface area contributed by atoms with Gasteiger partial charge in [-0.25, -0.2) is 4.98 Å². The van der Waals surface area contributed by atoms with Crippen LogP contribution in [0.5, 0.6) is 5.75 Å². The first-order chi connectivity index (χ1) is 13.5. The van der Waals surface area contributed by atoms with Gasteiger partial charge in [-0.15, -0.1) is 11.3 Å². The first-order valence-corrected chi connectivity index (χ1v) is 10.4. The van der Waals surface area contributed by atoms with Crippen LogP contribution in [-0.2, 0) is 19.9 Å². The van der Waals surface area contributed by atoms with Gasteiger partial charge >= 0.3 is 0 Å². The molecule has 0 unspecified atom stereocenters. The number of fused-ring (bicyclic) bond motifs is 1. The lowest BCUT2D eigenvalue weighted by atomic mass is 9.90. The van der Waals surface area contributed by atoms with Crippen molar-refractivity contribution in [1.29, 1.82) is 0 Å². The Kier molecular flexibility index (Phi) is 5.22. The number of imidazole rings is 1. The zero-order valence-electron chi connectivity index (χ0n) is 16.4. The van der Waals surface area contributed by atoms with E-state index in [-0.39, 0.29) is 11.9 Å². The SMILES string of the molecule is COc1cccc([C@@H](NC(=O)c2cc3c(s2)CC[C@@H](C)C3)c2nccn2C)c1. The molecule has 2 aromatic heterocycles. The lowest BCUT2D eigenvalue weighted by Gasteiger charge is -2.19. The van der Waals surface area contributed by atoms with E-state index in [1.165, 1.54) is 16.9 Å². The van der Waals surface area contributed by atoms with E-state index in [4.69, 9.17) is 4.74 Å². The fourth-order valence-corrected chi connectivity index (χ4v) is 4.90. The third-order valence-corrected chi connectivity index (χ3v) is 6.61. The molecule has 0 bridgehead atoms. The largest absolute Gasteiger partial charge is 0.497 e. The number of aromatic nitrogens is 2. The normalized spacial score (nSPS) is 17.0. The van der Waals surface area contributed by atoms with Crippen molar-refractivity contribution in [2.45, 2.75) is 32.2 Å². The Hall–Kier alpha value is -2.60. The van der Waals surface area contributed by atoms with E-state index >= 15 is 0 Å². The molecular weight excluding hydrogens is 370 g/mol. The number of methoxy groups -OCH3 is 1. The first-order valence-electron chi connectivity index (χ1n) is 9.58. The molecule has 1 aliphatic carbocycles. The number of aryl methyl sites for hydroxylation is 2. The average molecular weight is 396 g/mol. The minimum absolute atomic E-state index is 0.0529. The van der Waals surface area contributed by atoms with Crippen LogP contribution in [0.15, 0.2) is 42.7 Å². The van der Waals surface area contributed by atoms with E-state index in [1.54, 1.807) is 24.6 Å². The van der Waals surface area contributed by atoms with Crippen LogP contribution in [-0.4, -0.2) is 22.6 Å². The number of carbonyl (C=O) groups is 1. The molecule has 2 heterocycles. The summed E-state index contributed by atoms with van der Waals surface area (Å²) >= 11 is 1.63. The zero-order valence-corrected chi connectivity index (χ0v) is 17.3. The van der Waals surface area contributed by atoms with E-state index in [2.05, 4.69) is 23.3 Å². The molecule has 0 fully saturated rings. The van der Waals surface area contributed by atoms with E-state index in [1.807, 2.05) is 42.1 Å². The zero-order chi connectivity index (χ0) is 19.7. The number of hydrogen-bond donors (Lipinski definition) is 1. The standard InChI is InChI=1S/C22H25N3O2S/c1-14-7-8-18-16(11-14)13-19(28-18)22(26)24-20(21-23-9-10-25(21)2)15-5-4-6-17(12-15)27-3/h4-6,9-10,12-14,20H,7-8,11H2,1-3H3,(H,24,26)/t14-,20-/m1/s1. The molecule has 0 saturated carbocycles. The van der Waals surface area contributed by atoms with Gasteiger partial charge in [-0.3, -0.25) is 4.79 Å². The molecule has 0 aliphatic heterocycles. The molecule has 1 aliphatic rings. The number of rotatable bonds is 5. The summed E-state index contributed by atoms with van der Waals surface area (Å²) in [7, 11) is 3.58. The van der Waals surface area contributed by atoms with E-state index in [0.717, 1.165) is 34.9 Å². The molecule has 28 heavy (non-hydrogen) atoms. The second-order valence-corrected chi connectivity index (χ2v) is 8.62. The number of benzene rings is 1. The van der Waals surface area contributed by atoms with Gasteiger partial charge < -0.3 is 14.6 Å². The summed E-state index contributed by atoms with van der Waals surface area (Å²) in [6.45, 7) is 2.28. The van der Waals surface area contributed by atoms with E-state index < -0.39 is 0 Å². The highest BCUT2D eigenvalue weighted by Crippen LogP contribution is 2.33. The molecule has 6 heteroatoms. The smallest absolute Gasteiger partial charge is 0.262 e. The lowest BCUT2D eigenvalue weighted by Crippen LogP contribution is -2.30. The molecule has 1 amide bonds. The molecule has 3 aromatic rings. The summed E-state index contributed by atoms with van der Waals surface area (Å²) in [5.74, 6) is 2.18. The van der Waals surface area contributed by atoms with Crippen LogP contribution in [0.2, 0.25) is 0 Å². The predicted molar refractivity (Wildman–Crippen MR) is 111 cm³/mol. The highest BCUT2D eigenvalue weighted by molar-refractivity contribution is 7.14. The van der Waals surface area contributed by atoms with Gasteiger partial charge in [0, 0.05) is 24.3 Å². The molecule has 0 saturated heterocycles. The number of nitrogens with one attached hydrogen (secondary N) is 1. The summed E-state index contributed by atoms with van der Waals surface area (Å²) in [6.07, 6.45) is 6.99. The van der Waals surface area contributed by atoms with Gasteiger partial charge in [-0.2, -0.15) is 0 Å². The van der Waals surface area contributed by atoms with Crippen molar-refractivity contribution in [3.8, 4) is 5.75 Å². The monoisotopic (exact) mass is 395 g/mol. The maximum absolute atomic E-state index is 13.1. The molecule has 2 atom stereocenters. The van der Waals surface area contributed by atoms with Gasteiger partial charge in [-0.05, 0) is 54.5 Å². The van der Waals surface area contributed by atoms with Crippen LogP contribution in [0.3, 0.4) is 0 Å². The van der Waals surface area contributed by atoms with Crippen LogP contribution >= 0.6 is 11.3 Å². The van der Waals surface area contributed by atoms with Gasteiger partial charge in [0.25, 0.3) is 5.91 Å². The number of carbonyl (C=O) groups excluding carboxylic acids is 1. The molecule has 0 radical (unpaired) electrons. The Morgan fingerprint density at radius 1 is 1.39 bits per heavy atom. The van der Waals surface area contributed by atoms with Crippen molar-refractivity contribution < 1.29 is 9.53 Å². The maximum atomic E-state index is 13.1. The molecular formula is C22H25N3O2S. The average Bonchev–Trinajstić information content (AvgIpc) is 3.31. The van der Waals surface area contributed by atoms with Gasteiger partial charge in [0.15, 0.2) is 0 Å². The Balaban J connectivity index is 1.64. The molecule has 4 rings (SSSR count). The topological polar surface area (TPSA) is 56.1 Å². The highest BCUT2D eigenvalue weighted by atomic mass is 32.1. The van der Waals surface area contributed by atoms with Crippen LogP contribution < -0.4 is 10.1 Å². The van der Waals surface area contributed by atoms with Crippen molar-refractivity contribution in [3.05, 3.63) is 69.4 Å². The number of nitrogens with zero attached hydrogens (tertiary/aromatic N) is 2. The fourth-order valence-electron chi connectivity index (χ4n) is 3.79. The summed E-state index contributed by atoms with van der Waals surface area (Å²) in [5.41, 5.74) is 2.28. The predicted octanol–water partition coefficient (Wildman–Crippen LogP) is 4.13. The summed E-state index contributed by atoms with van der Waals surface area (Å²) in [6, 6.07) is 9.49. The third kappa shape index (κ3) is 3.69. The Bertz CT molecular complexity index is 991. The lowest BCUT2D eigenvalue weighted by molar-refractivity contribution is 0.0945. The van der Waals surface area contributed by atoms with Gasteiger partial charge in [0.05, 0.1) is 12.0 Å². The van der Waals surface area contributed by atoms with E-state index in [9.17, 15) is 4.79 Å². The van der Waals surface area contributed by atoms with Crippen LogP contribution in [0.4, 0.5) is 0 Å². The van der Waals surface area contributed by atoms with Crippen molar-refractivity contribution in [3.63, 3.8) is 0 Å². The van der Waals surface area contributed by atoms with Crippen molar-refractivity contribution in [2.75, 3.05) is 7.11 Å².